The van der Waals surface area contributed by atoms with Crippen LogP contribution in [0.3, 0.4) is 0 Å². The van der Waals surface area contributed by atoms with Crippen LogP contribution in [0.5, 0.6) is 0 Å². The number of aromatic nitrogens is 1. The Labute approximate surface area is 97.3 Å². The molecule has 2 nitrogen and oxygen atoms in total. The smallest absolute Gasteiger partial charge is 0.0479 e. The Kier molecular flexibility index (Phi) is 3.50. The molecular formula is C14H20N2. The van der Waals surface area contributed by atoms with Crippen LogP contribution in [0.15, 0.2) is 30.5 Å². The van der Waals surface area contributed by atoms with Crippen LogP contribution in [-0.2, 0) is 7.05 Å². The Morgan fingerprint density at radius 1 is 1.19 bits per heavy atom. The number of hydrogen-bond acceptors (Lipinski definition) is 1. The van der Waals surface area contributed by atoms with E-state index in [2.05, 4.69) is 54.3 Å². The normalized spacial score (nSPS) is 10.9. The average Bonchev–Trinajstić information content (AvgIpc) is 2.66. The van der Waals surface area contributed by atoms with Crippen molar-refractivity contribution in [3.05, 3.63) is 30.5 Å². The van der Waals surface area contributed by atoms with E-state index in [-0.39, 0.29) is 0 Å². The third-order valence-electron chi connectivity index (χ3n) is 2.99. The van der Waals surface area contributed by atoms with E-state index in [0.29, 0.717) is 0 Å². The molecule has 1 aromatic heterocycles. The van der Waals surface area contributed by atoms with Gasteiger partial charge in [-0.15, -0.1) is 0 Å². The van der Waals surface area contributed by atoms with Gasteiger partial charge in [-0.25, -0.2) is 0 Å². The second-order valence-corrected chi connectivity index (χ2v) is 4.33. The zero-order valence-corrected chi connectivity index (χ0v) is 10.2. The van der Waals surface area contributed by atoms with E-state index in [4.69, 9.17) is 0 Å². The van der Waals surface area contributed by atoms with Gasteiger partial charge in [0.05, 0.1) is 0 Å². The van der Waals surface area contributed by atoms with Crippen LogP contribution in [0.1, 0.15) is 26.2 Å². The summed E-state index contributed by atoms with van der Waals surface area (Å²) in [5, 5.41) is 4.78. The molecule has 0 saturated carbocycles. The lowest BCUT2D eigenvalue weighted by Gasteiger charge is -2.06. The molecule has 1 N–H and O–H groups in total. The van der Waals surface area contributed by atoms with Crippen molar-refractivity contribution in [1.82, 2.24) is 4.57 Å². The van der Waals surface area contributed by atoms with Gasteiger partial charge in [-0.2, -0.15) is 0 Å². The van der Waals surface area contributed by atoms with Crippen LogP contribution in [-0.4, -0.2) is 11.1 Å². The predicted molar refractivity (Wildman–Crippen MR) is 70.9 cm³/mol. The van der Waals surface area contributed by atoms with Crippen molar-refractivity contribution in [2.24, 2.45) is 7.05 Å². The highest BCUT2D eigenvalue weighted by Crippen LogP contribution is 2.19. The quantitative estimate of drug-likeness (QED) is 0.753. The minimum absolute atomic E-state index is 1.08. The fraction of sp³-hybridized carbons (Fsp3) is 0.429. The lowest BCUT2D eigenvalue weighted by molar-refractivity contribution is 0.744. The summed E-state index contributed by atoms with van der Waals surface area (Å²) in [5.74, 6) is 0. The molecule has 16 heavy (non-hydrogen) atoms. The first-order valence-corrected chi connectivity index (χ1v) is 6.10. The first-order chi connectivity index (χ1) is 7.81. The average molecular weight is 216 g/mol. The molecule has 2 rings (SSSR count). The maximum atomic E-state index is 3.47. The second-order valence-electron chi connectivity index (χ2n) is 4.33. The largest absolute Gasteiger partial charge is 0.385 e. The number of unbranched alkanes of at least 4 members (excludes halogenated alkanes) is 2. The van der Waals surface area contributed by atoms with Crippen LogP contribution < -0.4 is 5.32 Å². The highest BCUT2D eigenvalue weighted by molar-refractivity contribution is 5.83. The number of hydrogen-bond donors (Lipinski definition) is 1. The van der Waals surface area contributed by atoms with Crippen LogP contribution >= 0.6 is 0 Å². The summed E-state index contributed by atoms with van der Waals surface area (Å²) < 4.78 is 2.15. The molecule has 86 valence electrons. The summed E-state index contributed by atoms with van der Waals surface area (Å²) in [4.78, 5) is 0. The minimum Gasteiger partial charge on any atom is -0.385 e. The SMILES string of the molecule is CCCCCNc1ccc2c(ccn2C)c1. The summed E-state index contributed by atoms with van der Waals surface area (Å²) in [5.41, 5.74) is 2.52. The van der Waals surface area contributed by atoms with Crippen molar-refractivity contribution in [2.75, 3.05) is 11.9 Å². The summed E-state index contributed by atoms with van der Waals surface area (Å²) in [6.45, 7) is 3.31. The first-order valence-electron chi connectivity index (χ1n) is 6.10. The summed E-state index contributed by atoms with van der Waals surface area (Å²) in [6, 6.07) is 8.72. The Morgan fingerprint density at radius 2 is 2.06 bits per heavy atom. The Bertz CT molecular complexity index is 457. The fourth-order valence-electron chi connectivity index (χ4n) is 2.00. The molecule has 1 heterocycles. The molecule has 2 heteroatoms. The van der Waals surface area contributed by atoms with Gasteiger partial charge in [-0.1, -0.05) is 19.8 Å². The van der Waals surface area contributed by atoms with Gasteiger partial charge in [-0.05, 0) is 30.7 Å². The molecule has 0 aliphatic rings. The van der Waals surface area contributed by atoms with Crippen molar-refractivity contribution in [2.45, 2.75) is 26.2 Å². The molecule has 0 aliphatic heterocycles. The van der Waals surface area contributed by atoms with Crippen molar-refractivity contribution < 1.29 is 0 Å². The van der Waals surface area contributed by atoms with Gasteiger partial charge in [0.1, 0.15) is 0 Å². The van der Waals surface area contributed by atoms with Crippen LogP contribution in [0.4, 0.5) is 5.69 Å². The van der Waals surface area contributed by atoms with E-state index in [0.717, 1.165) is 6.54 Å². The van der Waals surface area contributed by atoms with E-state index >= 15 is 0 Å². The lowest BCUT2D eigenvalue weighted by Crippen LogP contribution is -2.00. The van der Waals surface area contributed by atoms with E-state index in [9.17, 15) is 0 Å². The van der Waals surface area contributed by atoms with Gasteiger partial charge in [0.2, 0.25) is 0 Å². The van der Waals surface area contributed by atoms with Gasteiger partial charge < -0.3 is 9.88 Å². The van der Waals surface area contributed by atoms with E-state index in [1.54, 1.807) is 0 Å². The molecule has 0 fully saturated rings. The third kappa shape index (κ3) is 2.38. The van der Waals surface area contributed by atoms with Gasteiger partial charge in [-0.3, -0.25) is 0 Å². The Hall–Kier alpha value is -1.44. The number of rotatable bonds is 5. The van der Waals surface area contributed by atoms with Crippen molar-refractivity contribution in [1.29, 1.82) is 0 Å². The molecule has 0 aliphatic carbocycles. The second kappa shape index (κ2) is 5.06. The highest BCUT2D eigenvalue weighted by atomic mass is 14.9. The van der Waals surface area contributed by atoms with Gasteiger partial charge in [0, 0.05) is 36.4 Å². The first kappa shape index (κ1) is 11.1. The zero-order valence-electron chi connectivity index (χ0n) is 10.2. The Morgan fingerprint density at radius 3 is 2.88 bits per heavy atom. The monoisotopic (exact) mass is 216 g/mol. The standard InChI is InChI=1S/C14H20N2/c1-3-4-5-9-15-13-6-7-14-12(11-13)8-10-16(14)2/h6-8,10-11,15H,3-5,9H2,1-2H3. The minimum atomic E-state index is 1.08. The number of fused-ring (bicyclic) bond motifs is 1. The molecule has 0 radical (unpaired) electrons. The molecule has 0 bridgehead atoms. The third-order valence-corrected chi connectivity index (χ3v) is 2.99. The fourth-order valence-corrected chi connectivity index (χ4v) is 2.00. The topological polar surface area (TPSA) is 17.0 Å². The molecule has 0 saturated heterocycles. The predicted octanol–water partition coefficient (Wildman–Crippen LogP) is 3.78. The molecule has 1 aromatic carbocycles. The van der Waals surface area contributed by atoms with E-state index < -0.39 is 0 Å². The zero-order chi connectivity index (χ0) is 11.4. The Balaban J connectivity index is 2.02. The molecule has 0 spiro atoms. The highest BCUT2D eigenvalue weighted by Gasteiger charge is 1.98. The number of benzene rings is 1. The van der Waals surface area contributed by atoms with Crippen LogP contribution in [0.2, 0.25) is 0 Å². The molecular weight excluding hydrogens is 196 g/mol. The van der Waals surface area contributed by atoms with E-state index in [1.807, 2.05) is 0 Å². The number of anilines is 1. The van der Waals surface area contributed by atoms with Gasteiger partial charge in [0.25, 0.3) is 0 Å². The molecule has 0 amide bonds. The molecule has 0 unspecified atom stereocenters. The summed E-state index contributed by atoms with van der Waals surface area (Å²) >= 11 is 0. The molecule has 0 atom stereocenters. The summed E-state index contributed by atoms with van der Waals surface area (Å²) in [7, 11) is 2.08. The summed E-state index contributed by atoms with van der Waals surface area (Å²) in [6.07, 6.45) is 5.94. The number of nitrogens with zero attached hydrogens (tertiary/aromatic N) is 1. The van der Waals surface area contributed by atoms with Crippen molar-refractivity contribution >= 4 is 16.6 Å². The maximum Gasteiger partial charge on any atom is 0.0479 e. The van der Waals surface area contributed by atoms with Crippen LogP contribution in [0, 0.1) is 0 Å². The van der Waals surface area contributed by atoms with Gasteiger partial charge in [0.15, 0.2) is 0 Å². The lowest BCUT2D eigenvalue weighted by atomic mass is 10.2. The number of nitrogens with one attached hydrogen (secondary N) is 1. The van der Waals surface area contributed by atoms with Crippen LogP contribution in [0.25, 0.3) is 10.9 Å². The number of aryl methyl sites for hydroxylation is 1. The van der Waals surface area contributed by atoms with E-state index in [1.165, 1.54) is 35.9 Å². The maximum absolute atomic E-state index is 3.47. The van der Waals surface area contributed by atoms with Gasteiger partial charge >= 0.3 is 0 Å². The molecule has 2 aromatic rings. The van der Waals surface area contributed by atoms with Crippen molar-refractivity contribution in [3.8, 4) is 0 Å². The van der Waals surface area contributed by atoms with Crippen molar-refractivity contribution in [3.63, 3.8) is 0 Å².